The monoisotopic (exact) mass is 280 g/mol. The van der Waals surface area contributed by atoms with Gasteiger partial charge in [0.1, 0.15) is 5.82 Å². The van der Waals surface area contributed by atoms with Crippen molar-refractivity contribution < 1.29 is 4.39 Å². The van der Waals surface area contributed by atoms with Gasteiger partial charge in [-0.05, 0) is 36.5 Å². The molecule has 3 heteroatoms. The molecule has 2 unspecified atom stereocenters. The molecule has 114 valence electrons. The maximum Gasteiger partial charge on any atom is 0.123 e. The summed E-state index contributed by atoms with van der Waals surface area (Å²) < 4.78 is 13.5. The lowest BCUT2D eigenvalue weighted by molar-refractivity contribution is 0.140. The van der Waals surface area contributed by atoms with Crippen LogP contribution in [0, 0.1) is 17.7 Å². The van der Waals surface area contributed by atoms with Gasteiger partial charge in [-0.3, -0.25) is 4.90 Å². The predicted molar refractivity (Wildman–Crippen MR) is 84.0 cm³/mol. The van der Waals surface area contributed by atoms with Crippen LogP contribution in [0.15, 0.2) is 24.3 Å². The van der Waals surface area contributed by atoms with Gasteiger partial charge in [-0.1, -0.05) is 39.8 Å². The highest BCUT2D eigenvalue weighted by Gasteiger charge is 2.25. The lowest BCUT2D eigenvalue weighted by Gasteiger charge is -2.37. The van der Waals surface area contributed by atoms with E-state index in [1.807, 2.05) is 13.0 Å². The van der Waals surface area contributed by atoms with Gasteiger partial charge in [0.05, 0.1) is 0 Å². The Kier molecular flexibility index (Phi) is 6.63. The highest BCUT2D eigenvalue weighted by atomic mass is 19.1. The predicted octanol–water partition coefficient (Wildman–Crippen LogP) is 3.83. The molecule has 0 radical (unpaired) electrons. The van der Waals surface area contributed by atoms with Crippen LogP contribution in [-0.4, -0.2) is 24.0 Å². The number of hydrogen-bond acceptors (Lipinski definition) is 2. The first-order valence-electron chi connectivity index (χ1n) is 7.56. The maximum absolute atomic E-state index is 13.5. The Morgan fingerprint density at radius 1 is 1.05 bits per heavy atom. The minimum absolute atomic E-state index is 0.0331. The molecule has 2 atom stereocenters. The summed E-state index contributed by atoms with van der Waals surface area (Å²) in [4.78, 5) is 2.40. The number of nitrogens with zero attached hydrogens (tertiary/aromatic N) is 1. The summed E-state index contributed by atoms with van der Waals surface area (Å²) in [7, 11) is 0. The quantitative estimate of drug-likeness (QED) is 0.822. The number of nitrogens with two attached hydrogens (primary N) is 1. The largest absolute Gasteiger partial charge is 0.326 e. The third-order valence-corrected chi connectivity index (χ3v) is 3.28. The SMILES string of the molecule is CC(C)CN(CC(C)C)C(c1cccc(F)c1)C(C)N. The highest BCUT2D eigenvalue weighted by Crippen LogP contribution is 2.26. The lowest BCUT2D eigenvalue weighted by atomic mass is 9.96. The Hall–Kier alpha value is -0.930. The third kappa shape index (κ3) is 5.22. The molecule has 0 aromatic heterocycles. The molecule has 0 saturated heterocycles. The van der Waals surface area contributed by atoms with Crippen LogP contribution in [-0.2, 0) is 0 Å². The van der Waals surface area contributed by atoms with Gasteiger partial charge in [-0.2, -0.15) is 0 Å². The fraction of sp³-hybridized carbons (Fsp3) is 0.647. The second-order valence-corrected chi connectivity index (χ2v) is 6.60. The summed E-state index contributed by atoms with van der Waals surface area (Å²) in [6.07, 6.45) is 0. The van der Waals surface area contributed by atoms with Crippen LogP contribution in [0.2, 0.25) is 0 Å². The fourth-order valence-corrected chi connectivity index (χ4v) is 2.78. The molecule has 0 fully saturated rings. The molecule has 20 heavy (non-hydrogen) atoms. The number of halogens is 1. The van der Waals surface area contributed by atoms with E-state index in [0.29, 0.717) is 11.8 Å². The molecule has 0 spiro atoms. The summed E-state index contributed by atoms with van der Waals surface area (Å²) in [5.41, 5.74) is 7.18. The van der Waals surface area contributed by atoms with Crippen molar-refractivity contribution in [3.05, 3.63) is 35.6 Å². The van der Waals surface area contributed by atoms with Gasteiger partial charge < -0.3 is 5.73 Å². The minimum Gasteiger partial charge on any atom is -0.326 e. The Labute approximate surface area is 123 Å². The molecule has 1 rings (SSSR count). The summed E-state index contributed by atoms with van der Waals surface area (Å²) in [6, 6.07) is 6.87. The van der Waals surface area contributed by atoms with Crippen molar-refractivity contribution in [3.63, 3.8) is 0 Å². The van der Waals surface area contributed by atoms with Gasteiger partial charge >= 0.3 is 0 Å². The van der Waals surface area contributed by atoms with E-state index in [-0.39, 0.29) is 17.9 Å². The van der Waals surface area contributed by atoms with Crippen LogP contribution in [0.25, 0.3) is 0 Å². The van der Waals surface area contributed by atoms with E-state index < -0.39 is 0 Å². The Morgan fingerprint density at radius 2 is 1.60 bits per heavy atom. The van der Waals surface area contributed by atoms with Crippen LogP contribution >= 0.6 is 0 Å². The van der Waals surface area contributed by atoms with E-state index in [1.165, 1.54) is 6.07 Å². The van der Waals surface area contributed by atoms with Crippen molar-refractivity contribution >= 4 is 0 Å². The summed E-state index contributed by atoms with van der Waals surface area (Å²) >= 11 is 0. The normalized spacial score (nSPS) is 15.1. The third-order valence-electron chi connectivity index (χ3n) is 3.28. The van der Waals surface area contributed by atoms with Crippen LogP contribution in [0.5, 0.6) is 0 Å². The summed E-state index contributed by atoms with van der Waals surface area (Å²) in [6.45, 7) is 12.8. The zero-order valence-corrected chi connectivity index (χ0v) is 13.4. The highest BCUT2D eigenvalue weighted by molar-refractivity contribution is 5.21. The number of benzene rings is 1. The average Bonchev–Trinajstić information content (AvgIpc) is 2.26. The molecule has 2 nitrogen and oxygen atoms in total. The molecule has 0 amide bonds. The van der Waals surface area contributed by atoms with Gasteiger partial charge in [0.2, 0.25) is 0 Å². The lowest BCUT2D eigenvalue weighted by Crippen LogP contribution is -2.43. The smallest absolute Gasteiger partial charge is 0.123 e. The number of hydrogen-bond donors (Lipinski definition) is 1. The second-order valence-electron chi connectivity index (χ2n) is 6.60. The molecule has 0 saturated carbocycles. The Morgan fingerprint density at radius 3 is 2.00 bits per heavy atom. The van der Waals surface area contributed by atoms with E-state index in [2.05, 4.69) is 32.6 Å². The zero-order chi connectivity index (χ0) is 15.3. The summed E-state index contributed by atoms with van der Waals surface area (Å²) in [5, 5.41) is 0. The molecule has 2 N–H and O–H groups in total. The van der Waals surface area contributed by atoms with Crippen molar-refractivity contribution in [2.75, 3.05) is 13.1 Å². The van der Waals surface area contributed by atoms with Crippen molar-refractivity contribution in [1.29, 1.82) is 0 Å². The first kappa shape index (κ1) is 17.1. The van der Waals surface area contributed by atoms with E-state index in [4.69, 9.17) is 5.73 Å². The summed E-state index contributed by atoms with van der Waals surface area (Å²) in [5.74, 6) is 0.925. The van der Waals surface area contributed by atoms with Crippen molar-refractivity contribution in [2.45, 2.75) is 46.7 Å². The van der Waals surface area contributed by atoms with Crippen molar-refractivity contribution in [2.24, 2.45) is 17.6 Å². The Bertz CT molecular complexity index is 392. The first-order chi connectivity index (χ1) is 9.31. The average molecular weight is 280 g/mol. The molecular weight excluding hydrogens is 251 g/mol. The van der Waals surface area contributed by atoms with Gasteiger partial charge in [-0.15, -0.1) is 0 Å². The topological polar surface area (TPSA) is 29.3 Å². The first-order valence-corrected chi connectivity index (χ1v) is 7.56. The van der Waals surface area contributed by atoms with Crippen LogP contribution < -0.4 is 5.73 Å². The fourth-order valence-electron chi connectivity index (χ4n) is 2.78. The van der Waals surface area contributed by atoms with Gasteiger partial charge in [0.15, 0.2) is 0 Å². The Balaban J connectivity index is 3.06. The standard InChI is InChI=1S/C17H29FN2/c1-12(2)10-20(11-13(3)4)17(14(5)19)15-7-6-8-16(18)9-15/h6-9,12-14,17H,10-11,19H2,1-5H3. The second kappa shape index (κ2) is 7.75. The van der Waals surface area contributed by atoms with E-state index >= 15 is 0 Å². The number of rotatable bonds is 7. The maximum atomic E-state index is 13.5. The molecule has 0 heterocycles. The minimum atomic E-state index is -0.192. The molecule has 0 aliphatic rings. The molecule has 0 bridgehead atoms. The van der Waals surface area contributed by atoms with Gasteiger partial charge in [0.25, 0.3) is 0 Å². The van der Waals surface area contributed by atoms with Gasteiger partial charge in [-0.25, -0.2) is 4.39 Å². The van der Waals surface area contributed by atoms with Crippen molar-refractivity contribution in [3.8, 4) is 0 Å². The zero-order valence-electron chi connectivity index (χ0n) is 13.4. The molecular formula is C17H29FN2. The molecule has 0 aliphatic heterocycles. The molecule has 1 aromatic carbocycles. The van der Waals surface area contributed by atoms with E-state index in [1.54, 1.807) is 12.1 Å². The van der Waals surface area contributed by atoms with Crippen LogP contribution in [0.4, 0.5) is 4.39 Å². The molecule has 0 aliphatic carbocycles. The molecule has 1 aromatic rings. The van der Waals surface area contributed by atoms with E-state index in [0.717, 1.165) is 18.7 Å². The van der Waals surface area contributed by atoms with Crippen molar-refractivity contribution in [1.82, 2.24) is 4.90 Å². The van der Waals surface area contributed by atoms with E-state index in [9.17, 15) is 4.39 Å². The van der Waals surface area contributed by atoms with Crippen LogP contribution in [0.1, 0.15) is 46.2 Å². The van der Waals surface area contributed by atoms with Crippen LogP contribution in [0.3, 0.4) is 0 Å². The van der Waals surface area contributed by atoms with Gasteiger partial charge in [0, 0.05) is 25.2 Å².